The van der Waals surface area contributed by atoms with E-state index >= 15 is 0 Å². The molecule has 0 saturated heterocycles. The lowest BCUT2D eigenvalue weighted by Crippen LogP contribution is -2.04. The van der Waals surface area contributed by atoms with Gasteiger partial charge in [0.1, 0.15) is 0 Å². The lowest BCUT2D eigenvalue weighted by Gasteiger charge is -2.13. The van der Waals surface area contributed by atoms with Crippen molar-refractivity contribution < 1.29 is 0 Å². The third-order valence-corrected chi connectivity index (χ3v) is 5.53. The van der Waals surface area contributed by atoms with Gasteiger partial charge in [-0.2, -0.15) is 0 Å². The Bertz CT molecular complexity index is 1100. The van der Waals surface area contributed by atoms with Crippen LogP contribution in [0.25, 0.3) is 22.2 Å². The van der Waals surface area contributed by atoms with Gasteiger partial charge in [-0.05, 0) is 44.0 Å². The van der Waals surface area contributed by atoms with Crippen molar-refractivity contribution in [3.8, 4) is 11.3 Å². The Kier molecular flexibility index (Phi) is 5.59. The molecular formula is C23H22Cl2N2. The largest absolute Gasteiger partial charge is 0.338 e. The van der Waals surface area contributed by atoms with Gasteiger partial charge in [-0.3, -0.25) is 4.98 Å². The molecule has 0 amide bonds. The van der Waals surface area contributed by atoms with Crippen LogP contribution in [-0.4, -0.2) is 9.55 Å². The summed E-state index contributed by atoms with van der Waals surface area (Å²) in [7, 11) is 0. The van der Waals surface area contributed by atoms with Crippen LogP contribution in [0.5, 0.6) is 0 Å². The highest BCUT2D eigenvalue weighted by molar-refractivity contribution is 6.31. The first-order valence-electron chi connectivity index (χ1n) is 8.81. The van der Waals surface area contributed by atoms with Gasteiger partial charge < -0.3 is 4.57 Å². The summed E-state index contributed by atoms with van der Waals surface area (Å²) in [5, 5.41) is 2.05. The normalized spacial score (nSPS) is 10.8. The van der Waals surface area contributed by atoms with Crippen LogP contribution >= 0.6 is 24.0 Å². The molecule has 27 heavy (non-hydrogen) atoms. The third kappa shape index (κ3) is 3.47. The number of benzene rings is 2. The molecule has 0 saturated carbocycles. The van der Waals surface area contributed by atoms with Crippen molar-refractivity contribution in [2.45, 2.75) is 27.3 Å². The Morgan fingerprint density at radius 1 is 0.926 bits per heavy atom. The molecule has 0 unspecified atom stereocenters. The molecule has 0 bridgehead atoms. The lowest BCUT2D eigenvalue weighted by molar-refractivity contribution is 0.800. The highest BCUT2D eigenvalue weighted by Gasteiger charge is 2.17. The summed E-state index contributed by atoms with van der Waals surface area (Å²) in [4.78, 5) is 4.73. The predicted molar refractivity (Wildman–Crippen MR) is 117 cm³/mol. The first-order chi connectivity index (χ1) is 12.6. The van der Waals surface area contributed by atoms with E-state index in [9.17, 15) is 0 Å². The topological polar surface area (TPSA) is 17.8 Å². The second-order valence-electron chi connectivity index (χ2n) is 6.81. The zero-order valence-electron chi connectivity index (χ0n) is 15.7. The summed E-state index contributed by atoms with van der Waals surface area (Å²) in [6.07, 6.45) is 1.91. The van der Waals surface area contributed by atoms with Crippen molar-refractivity contribution in [2.24, 2.45) is 0 Å². The number of fused-ring (bicyclic) bond motifs is 1. The minimum absolute atomic E-state index is 0. The van der Waals surface area contributed by atoms with Gasteiger partial charge >= 0.3 is 0 Å². The number of nitrogens with zero attached hydrogens (tertiary/aromatic N) is 2. The van der Waals surface area contributed by atoms with Gasteiger partial charge in [0.25, 0.3) is 0 Å². The Labute approximate surface area is 171 Å². The van der Waals surface area contributed by atoms with Crippen LogP contribution in [0, 0.1) is 20.8 Å². The molecule has 138 valence electrons. The predicted octanol–water partition coefficient (Wildman–Crippen LogP) is 6.75. The van der Waals surface area contributed by atoms with Crippen molar-refractivity contribution in [3.63, 3.8) is 0 Å². The number of halogens is 2. The van der Waals surface area contributed by atoms with E-state index < -0.39 is 0 Å². The molecule has 2 nitrogen and oxygen atoms in total. The number of hydrogen-bond donors (Lipinski definition) is 0. The molecular weight excluding hydrogens is 375 g/mol. The Morgan fingerprint density at radius 3 is 2.33 bits per heavy atom. The highest BCUT2D eigenvalue weighted by Crippen LogP contribution is 2.33. The van der Waals surface area contributed by atoms with Gasteiger partial charge in [0.2, 0.25) is 0 Å². The maximum absolute atomic E-state index is 6.43. The van der Waals surface area contributed by atoms with Gasteiger partial charge in [-0.1, -0.05) is 59.6 Å². The standard InChI is InChI=1S/C23H21ClN2.ClH/c1-15-8-10-18(11-9-15)22-23-20(12-13-25-22)16(2)17(3)26(23)14-19-6-4-5-7-21(19)24;/h4-13H,14H2,1-3H3;1H. The van der Waals surface area contributed by atoms with Gasteiger partial charge in [0.15, 0.2) is 0 Å². The first-order valence-corrected chi connectivity index (χ1v) is 9.19. The van der Waals surface area contributed by atoms with Crippen molar-refractivity contribution >= 4 is 34.9 Å². The zero-order valence-corrected chi connectivity index (χ0v) is 17.2. The van der Waals surface area contributed by atoms with E-state index in [0.29, 0.717) is 0 Å². The van der Waals surface area contributed by atoms with Crippen LogP contribution < -0.4 is 0 Å². The van der Waals surface area contributed by atoms with Gasteiger partial charge in [0, 0.05) is 34.4 Å². The van der Waals surface area contributed by atoms with E-state index in [2.05, 4.69) is 61.7 Å². The molecule has 4 heteroatoms. The van der Waals surface area contributed by atoms with Crippen molar-refractivity contribution in [1.82, 2.24) is 9.55 Å². The Balaban J connectivity index is 0.00000210. The Morgan fingerprint density at radius 2 is 1.63 bits per heavy atom. The molecule has 0 spiro atoms. The molecule has 4 aromatic rings. The first kappa shape index (κ1) is 19.5. The average molecular weight is 397 g/mol. The quantitative estimate of drug-likeness (QED) is 0.374. The molecule has 0 radical (unpaired) electrons. The maximum atomic E-state index is 6.43. The Hall–Kier alpha value is -2.29. The van der Waals surface area contributed by atoms with Crippen LogP contribution in [0.3, 0.4) is 0 Å². The van der Waals surface area contributed by atoms with E-state index in [1.807, 2.05) is 24.4 Å². The summed E-state index contributed by atoms with van der Waals surface area (Å²) in [5.74, 6) is 0. The maximum Gasteiger partial charge on any atom is 0.0945 e. The summed E-state index contributed by atoms with van der Waals surface area (Å²) < 4.78 is 2.34. The molecule has 4 rings (SSSR count). The molecule has 0 fully saturated rings. The molecule has 2 heterocycles. The minimum atomic E-state index is 0. The third-order valence-electron chi connectivity index (χ3n) is 5.16. The number of pyridine rings is 1. The number of aryl methyl sites for hydroxylation is 2. The van der Waals surface area contributed by atoms with Gasteiger partial charge in [0.05, 0.1) is 11.2 Å². The molecule has 0 aliphatic carbocycles. The van der Waals surface area contributed by atoms with E-state index in [1.165, 1.54) is 27.7 Å². The molecule has 0 aliphatic rings. The summed E-state index contributed by atoms with van der Waals surface area (Å²) in [6, 6.07) is 18.7. The van der Waals surface area contributed by atoms with E-state index in [4.69, 9.17) is 16.6 Å². The fraction of sp³-hybridized carbons (Fsp3) is 0.174. The zero-order chi connectivity index (χ0) is 18.3. The smallest absolute Gasteiger partial charge is 0.0945 e. The fourth-order valence-corrected chi connectivity index (χ4v) is 3.71. The van der Waals surface area contributed by atoms with E-state index in [0.717, 1.165) is 28.4 Å². The van der Waals surface area contributed by atoms with Crippen LogP contribution in [0.4, 0.5) is 0 Å². The van der Waals surface area contributed by atoms with E-state index in [-0.39, 0.29) is 12.4 Å². The highest BCUT2D eigenvalue weighted by atomic mass is 35.5. The average Bonchev–Trinajstić information content (AvgIpc) is 2.89. The number of rotatable bonds is 3. The SMILES string of the molecule is Cc1ccc(-c2nccc3c(C)c(C)n(Cc4ccccc4Cl)c23)cc1.Cl. The monoisotopic (exact) mass is 396 g/mol. The van der Waals surface area contributed by atoms with Crippen LogP contribution in [0.15, 0.2) is 60.8 Å². The molecule has 0 atom stereocenters. The lowest BCUT2D eigenvalue weighted by atomic mass is 10.1. The molecule has 2 aromatic heterocycles. The summed E-state index contributed by atoms with van der Waals surface area (Å²) in [6.45, 7) is 7.19. The fourth-order valence-electron chi connectivity index (χ4n) is 3.51. The number of hydrogen-bond acceptors (Lipinski definition) is 1. The number of aromatic nitrogens is 2. The molecule has 0 N–H and O–H groups in total. The van der Waals surface area contributed by atoms with Crippen LogP contribution in [0.1, 0.15) is 22.4 Å². The van der Waals surface area contributed by atoms with Gasteiger partial charge in [-0.25, -0.2) is 0 Å². The second-order valence-corrected chi connectivity index (χ2v) is 7.22. The molecule has 0 aliphatic heterocycles. The molecule has 2 aromatic carbocycles. The van der Waals surface area contributed by atoms with Crippen molar-refractivity contribution in [2.75, 3.05) is 0 Å². The van der Waals surface area contributed by atoms with Crippen LogP contribution in [-0.2, 0) is 6.54 Å². The summed E-state index contributed by atoms with van der Waals surface area (Å²) >= 11 is 6.43. The van der Waals surface area contributed by atoms with Crippen LogP contribution in [0.2, 0.25) is 5.02 Å². The van der Waals surface area contributed by atoms with Gasteiger partial charge in [-0.15, -0.1) is 12.4 Å². The minimum Gasteiger partial charge on any atom is -0.338 e. The van der Waals surface area contributed by atoms with E-state index in [1.54, 1.807) is 0 Å². The summed E-state index contributed by atoms with van der Waals surface area (Å²) in [5.41, 5.74) is 8.24. The second kappa shape index (κ2) is 7.75. The van der Waals surface area contributed by atoms with Crippen molar-refractivity contribution in [3.05, 3.63) is 88.2 Å². The van der Waals surface area contributed by atoms with Crippen molar-refractivity contribution in [1.29, 1.82) is 0 Å².